The van der Waals surface area contributed by atoms with Crippen LogP contribution in [0.15, 0.2) is 48.5 Å². The zero-order valence-electron chi connectivity index (χ0n) is 15.2. The van der Waals surface area contributed by atoms with Crippen molar-refractivity contribution >= 4 is 46.4 Å². The van der Waals surface area contributed by atoms with Gasteiger partial charge >= 0.3 is 0 Å². The molecule has 1 aliphatic rings. The van der Waals surface area contributed by atoms with Crippen LogP contribution in [0.5, 0.6) is 0 Å². The third-order valence-corrected chi connectivity index (χ3v) is 5.20. The van der Waals surface area contributed by atoms with E-state index in [4.69, 9.17) is 23.8 Å². The molecule has 0 aliphatic carbocycles. The Hall–Kier alpha value is -2.51. The number of amides is 2. The van der Waals surface area contributed by atoms with Gasteiger partial charge in [-0.1, -0.05) is 23.7 Å². The van der Waals surface area contributed by atoms with E-state index >= 15 is 0 Å². The molecule has 1 fully saturated rings. The summed E-state index contributed by atoms with van der Waals surface area (Å²) in [4.78, 5) is 28.5. The van der Waals surface area contributed by atoms with Crippen LogP contribution < -0.4 is 5.32 Å². The maximum absolute atomic E-state index is 13.0. The summed E-state index contributed by atoms with van der Waals surface area (Å²) in [6.45, 7) is 2.67. The zero-order valence-corrected chi connectivity index (χ0v) is 16.8. The van der Waals surface area contributed by atoms with E-state index in [1.165, 1.54) is 29.2 Å². The molecule has 1 aliphatic heterocycles. The first kappa shape index (κ1) is 20.2. The van der Waals surface area contributed by atoms with Crippen LogP contribution in [0.1, 0.15) is 18.9 Å². The van der Waals surface area contributed by atoms with Gasteiger partial charge in [-0.2, -0.15) is 0 Å². The van der Waals surface area contributed by atoms with Crippen LogP contribution in [0.4, 0.5) is 10.1 Å². The van der Waals surface area contributed by atoms with Crippen molar-refractivity contribution in [2.75, 3.05) is 11.9 Å². The van der Waals surface area contributed by atoms with Gasteiger partial charge in [0.25, 0.3) is 5.91 Å². The van der Waals surface area contributed by atoms with Gasteiger partial charge < -0.3 is 10.2 Å². The molecule has 2 aromatic rings. The van der Waals surface area contributed by atoms with E-state index in [-0.39, 0.29) is 24.1 Å². The van der Waals surface area contributed by atoms with Gasteiger partial charge in [0.15, 0.2) is 5.11 Å². The summed E-state index contributed by atoms with van der Waals surface area (Å²) in [6, 6.07) is 12.0. The molecule has 0 aromatic heterocycles. The number of carbonyl (C=O) groups excluding carboxylic acids is 2. The maximum atomic E-state index is 13.0. The number of likely N-dealkylation sites (N-methyl/N-ethyl adjacent to an activating group) is 1. The standard InChI is InChI=1S/C20H19ClFN3O2S/c1-2-24-19(27)17(11-18(26)23-16-9-7-15(22)8-10-16)25(20(24)28)12-13-3-5-14(21)6-4-13/h3-10,17H,2,11-12H2,1H3,(H,23,26)/t17-/m1/s1. The molecular formula is C20H19ClFN3O2S. The fourth-order valence-corrected chi connectivity index (χ4v) is 3.61. The van der Waals surface area contributed by atoms with Crippen LogP contribution >= 0.6 is 23.8 Å². The lowest BCUT2D eigenvalue weighted by Crippen LogP contribution is -2.37. The number of nitrogens with one attached hydrogen (secondary N) is 1. The summed E-state index contributed by atoms with van der Waals surface area (Å²) >= 11 is 11.4. The third kappa shape index (κ3) is 4.48. The van der Waals surface area contributed by atoms with Crippen LogP contribution in [0.3, 0.4) is 0 Å². The van der Waals surface area contributed by atoms with Crippen molar-refractivity contribution in [1.82, 2.24) is 9.80 Å². The average Bonchev–Trinajstić information content (AvgIpc) is 2.89. The lowest BCUT2D eigenvalue weighted by molar-refractivity contribution is -0.130. The number of nitrogens with zero attached hydrogens (tertiary/aromatic N) is 2. The summed E-state index contributed by atoms with van der Waals surface area (Å²) in [5.74, 6) is -0.926. The molecule has 0 bridgehead atoms. The highest BCUT2D eigenvalue weighted by molar-refractivity contribution is 7.80. The molecule has 1 atom stereocenters. The predicted octanol–water partition coefficient (Wildman–Crippen LogP) is 3.83. The maximum Gasteiger partial charge on any atom is 0.252 e. The second kappa shape index (κ2) is 8.67. The number of hydrogen-bond donors (Lipinski definition) is 1. The van der Waals surface area contributed by atoms with Crippen molar-refractivity contribution in [3.8, 4) is 0 Å². The van der Waals surface area contributed by atoms with E-state index in [1.54, 1.807) is 17.0 Å². The molecule has 3 rings (SSSR count). The Labute approximate surface area is 173 Å². The molecule has 1 saturated heterocycles. The van der Waals surface area contributed by atoms with E-state index < -0.39 is 6.04 Å². The normalized spacial score (nSPS) is 16.6. The summed E-state index contributed by atoms with van der Waals surface area (Å²) in [5.41, 5.74) is 1.40. The molecule has 5 nitrogen and oxygen atoms in total. The minimum atomic E-state index is -0.691. The van der Waals surface area contributed by atoms with E-state index in [9.17, 15) is 14.0 Å². The molecule has 0 radical (unpaired) electrons. The van der Waals surface area contributed by atoms with Crippen LogP contribution in [0, 0.1) is 5.82 Å². The molecule has 146 valence electrons. The SMILES string of the molecule is CCN1C(=O)[C@@H](CC(=O)Nc2ccc(F)cc2)N(Cc2ccc(Cl)cc2)C1=S. The predicted molar refractivity (Wildman–Crippen MR) is 110 cm³/mol. The van der Waals surface area contributed by atoms with Gasteiger partial charge in [0.2, 0.25) is 5.91 Å². The third-order valence-electron chi connectivity index (χ3n) is 4.49. The molecule has 1 heterocycles. The Bertz CT molecular complexity index is 889. The van der Waals surface area contributed by atoms with Crippen molar-refractivity contribution in [3.05, 3.63) is 64.9 Å². The average molecular weight is 420 g/mol. The van der Waals surface area contributed by atoms with Crippen LogP contribution in [-0.2, 0) is 16.1 Å². The Balaban J connectivity index is 1.75. The Morgan fingerprint density at radius 1 is 1.18 bits per heavy atom. The van der Waals surface area contributed by atoms with E-state index in [0.29, 0.717) is 28.9 Å². The van der Waals surface area contributed by atoms with Crippen molar-refractivity contribution in [2.45, 2.75) is 25.9 Å². The van der Waals surface area contributed by atoms with Crippen molar-refractivity contribution < 1.29 is 14.0 Å². The second-order valence-electron chi connectivity index (χ2n) is 6.39. The molecule has 8 heteroatoms. The first-order chi connectivity index (χ1) is 13.4. The number of carbonyl (C=O) groups is 2. The smallest absolute Gasteiger partial charge is 0.252 e. The highest BCUT2D eigenvalue weighted by Gasteiger charge is 2.42. The number of hydrogen-bond acceptors (Lipinski definition) is 3. The van der Waals surface area contributed by atoms with Gasteiger partial charge in [0.05, 0.1) is 6.42 Å². The number of anilines is 1. The zero-order chi connectivity index (χ0) is 20.3. The van der Waals surface area contributed by atoms with Gasteiger partial charge in [-0.25, -0.2) is 4.39 Å². The number of thiocarbonyl (C=S) groups is 1. The fourth-order valence-electron chi connectivity index (χ4n) is 3.07. The summed E-state index contributed by atoms with van der Waals surface area (Å²) in [5, 5.41) is 3.72. The largest absolute Gasteiger partial charge is 0.332 e. The van der Waals surface area contributed by atoms with Gasteiger partial charge in [0.1, 0.15) is 11.9 Å². The highest BCUT2D eigenvalue weighted by Crippen LogP contribution is 2.24. The number of rotatable bonds is 6. The topological polar surface area (TPSA) is 52.7 Å². The number of benzene rings is 2. The first-order valence-corrected chi connectivity index (χ1v) is 9.59. The molecular weight excluding hydrogens is 401 g/mol. The minimum absolute atomic E-state index is 0.0551. The van der Waals surface area contributed by atoms with Gasteiger partial charge in [-0.05, 0) is 61.1 Å². The van der Waals surface area contributed by atoms with E-state index in [1.807, 2.05) is 19.1 Å². The van der Waals surface area contributed by atoms with Crippen molar-refractivity contribution in [1.29, 1.82) is 0 Å². The Kier molecular flexibility index (Phi) is 6.26. The molecule has 28 heavy (non-hydrogen) atoms. The second-order valence-corrected chi connectivity index (χ2v) is 7.20. The van der Waals surface area contributed by atoms with E-state index in [2.05, 4.69) is 5.32 Å². The fraction of sp³-hybridized carbons (Fsp3) is 0.250. The van der Waals surface area contributed by atoms with Crippen LogP contribution in [0.25, 0.3) is 0 Å². The van der Waals surface area contributed by atoms with Crippen molar-refractivity contribution in [3.63, 3.8) is 0 Å². The minimum Gasteiger partial charge on any atom is -0.332 e. The van der Waals surface area contributed by atoms with Gasteiger partial charge in [-0.3, -0.25) is 14.5 Å². The van der Waals surface area contributed by atoms with Gasteiger partial charge in [-0.15, -0.1) is 0 Å². The molecule has 2 amide bonds. The number of halogens is 2. The monoisotopic (exact) mass is 419 g/mol. The summed E-state index contributed by atoms with van der Waals surface area (Å²) in [7, 11) is 0. The highest BCUT2D eigenvalue weighted by atomic mass is 35.5. The first-order valence-electron chi connectivity index (χ1n) is 8.81. The lowest BCUT2D eigenvalue weighted by atomic mass is 10.1. The molecule has 0 saturated carbocycles. The molecule has 2 aromatic carbocycles. The Morgan fingerprint density at radius 2 is 1.82 bits per heavy atom. The lowest BCUT2D eigenvalue weighted by Gasteiger charge is -2.24. The van der Waals surface area contributed by atoms with Crippen LogP contribution in [0.2, 0.25) is 5.02 Å². The summed E-state index contributed by atoms with van der Waals surface area (Å²) < 4.78 is 13.0. The molecule has 1 N–H and O–H groups in total. The molecule has 0 spiro atoms. The summed E-state index contributed by atoms with van der Waals surface area (Å²) in [6.07, 6.45) is -0.0551. The van der Waals surface area contributed by atoms with E-state index in [0.717, 1.165) is 5.56 Å². The molecule has 0 unspecified atom stereocenters. The van der Waals surface area contributed by atoms with Crippen molar-refractivity contribution in [2.24, 2.45) is 0 Å². The Morgan fingerprint density at radius 3 is 2.43 bits per heavy atom. The van der Waals surface area contributed by atoms with Gasteiger partial charge in [0, 0.05) is 23.8 Å². The van der Waals surface area contributed by atoms with Crippen LogP contribution in [-0.4, -0.2) is 39.3 Å². The quantitative estimate of drug-likeness (QED) is 0.723.